The Bertz CT molecular complexity index is 8100. The second-order valence-corrected chi connectivity index (χ2v) is 33.4. The molecule has 0 spiro atoms. The van der Waals surface area contributed by atoms with Crippen LogP contribution in [0, 0.1) is 32.2 Å². The molecule has 0 atom stereocenters. The number of urea groups is 2. The Morgan fingerprint density at radius 3 is 1.00 bits per heavy atom. The van der Waals surface area contributed by atoms with Gasteiger partial charge in [0.15, 0.2) is 45.9 Å². The van der Waals surface area contributed by atoms with Gasteiger partial charge < -0.3 is 55.5 Å². The van der Waals surface area contributed by atoms with Gasteiger partial charge in [-0.2, -0.15) is 20.4 Å². The highest BCUT2D eigenvalue weighted by Crippen LogP contribution is 2.39. The fraction of sp³-hybridized carbons (Fsp3) is 0.157. The van der Waals surface area contributed by atoms with Crippen molar-refractivity contribution < 1.29 is 22.8 Å². The van der Waals surface area contributed by atoms with Gasteiger partial charge in [0.2, 0.25) is 38.7 Å². The van der Waals surface area contributed by atoms with Gasteiger partial charge in [-0.3, -0.25) is 69.8 Å². The smallest absolute Gasteiger partial charge is 0.321 e. The number of pyridine rings is 12. The number of fused-ring (bicyclic) bond motifs is 8. The highest BCUT2D eigenvalue weighted by Gasteiger charge is 2.27. The number of carbonyl (C=O) groups is 3. The van der Waals surface area contributed by atoms with Crippen LogP contribution in [0.1, 0.15) is 12.8 Å². The van der Waals surface area contributed by atoms with Gasteiger partial charge in [0.25, 0.3) is 0 Å². The quantitative estimate of drug-likeness (QED) is 0.0450. The van der Waals surface area contributed by atoms with Gasteiger partial charge >= 0.3 is 12.1 Å². The van der Waals surface area contributed by atoms with Crippen molar-refractivity contribution in [3.63, 3.8) is 0 Å². The number of aromatic amines is 8. The summed E-state index contributed by atoms with van der Waals surface area (Å²) in [5.41, 5.74) is 19.4. The molecule has 135 heavy (non-hydrogen) atoms. The van der Waals surface area contributed by atoms with Crippen LogP contribution in [0.2, 0.25) is 0 Å². The van der Waals surface area contributed by atoms with Gasteiger partial charge in [0, 0.05) is 190 Å². The number of hydrogen-bond donors (Lipinski definition) is 12. The number of nitrogens with one attached hydrogen (secondary N) is 12. The Labute approximate surface area is 762 Å². The van der Waals surface area contributed by atoms with Crippen molar-refractivity contribution >= 4 is 162 Å². The largest absolute Gasteiger partial charge is 0.337 e. The van der Waals surface area contributed by atoms with Crippen LogP contribution in [0.15, 0.2) is 172 Å². The number of amides is 5. The number of anilines is 4. The number of piperazine rings is 1. The van der Waals surface area contributed by atoms with E-state index in [1.165, 1.54) is 35.9 Å². The summed E-state index contributed by atoms with van der Waals surface area (Å²) in [6.45, 7) is 34.2. The number of carbonyl (C=O) groups excluding carboxylic acids is 3. The van der Waals surface area contributed by atoms with E-state index in [1.54, 1.807) is 118 Å². The third kappa shape index (κ3) is 18.0. The zero-order valence-corrected chi connectivity index (χ0v) is 72.7. The summed E-state index contributed by atoms with van der Waals surface area (Å²) in [7, 11) is 4.04. The van der Waals surface area contributed by atoms with Gasteiger partial charge in [0.1, 0.15) is 22.8 Å². The van der Waals surface area contributed by atoms with Crippen LogP contribution in [0.4, 0.5) is 55.1 Å². The Morgan fingerprint density at radius 1 is 0.378 bits per heavy atom. The Balaban J connectivity index is 0.000000116. The van der Waals surface area contributed by atoms with Gasteiger partial charge in [-0.1, -0.05) is 0 Å². The predicted octanol–water partition coefficient (Wildman–Crippen LogP) is 13.6. The van der Waals surface area contributed by atoms with Crippen LogP contribution in [0.3, 0.4) is 0 Å². The van der Waals surface area contributed by atoms with E-state index in [9.17, 15) is 22.8 Å². The Morgan fingerprint density at radius 2 is 0.674 bits per heavy atom. The van der Waals surface area contributed by atoms with E-state index in [0.717, 1.165) is 100 Å². The molecule has 5 amide bonds. The number of imidazole rings is 4. The number of nitrogens with zero attached hydrogens (tertiary/aromatic N) is 28. The average molecular weight is 1810 g/mol. The van der Waals surface area contributed by atoms with Gasteiger partial charge in [-0.15, -0.1) is 0 Å². The molecule has 0 saturated carbocycles. The summed E-state index contributed by atoms with van der Waals surface area (Å²) in [5.74, 6) is 2.16. The maximum absolute atomic E-state index is 12.8. The number of H-pyrrole nitrogens is 8. The zero-order valence-electron chi connectivity index (χ0n) is 71.9. The van der Waals surface area contributed by atoms with Gasteiger partial charge in [-0.05, 0) is 88.6 Å². The van der Waals surface area contributed by atoms with Crippen LogP contribution in [0.25, 0.3) is 198 Å². The van der Waals surface area contributed by atoms with Crippen LogP contribution >= 0.6 is 0 Å². The van der Waals surface area contributed by atoms with E-state index in [2.05, 4.69) is 204 Å². The number of likely N-dealkylation sites (tertiary alicyclic amines) is 1. The lowest BCUT2D eigenvalue weighted by Gasteiger charge is -2.32. The van der Waals surface area contributed by atoms with Crippen molar-refractivity contribution in [2.24, 2.45) is 5.92 Å². The second kappa shape index (κ2) is 36.4. The normalized spacial score (nSPS) is 13.0. The van der Waals surface area contributed by atoms with Crippen molar-refractivity contribution in [1.82, 2.24) is 160 Å². The standard InChI is InChI=1S/C25H22N10O.C24H21N11O.C21H16N10O.C19H13N9O2S/c1-26-19-12-28-13-20-22(19)32-24(31-20)21-18-8-16(10-29-23(18)34-33-21)15-7-17(11-27-9-15)30-25(36)14-3-5-35(2)6-4-14;1-25-18-12-27-13-19-21(18)31-23(30-19)20-17-8-15(10-28-22(17)33-32-20)14-7-16(11-26-9-14)29-24(36)35-5-3-34(2)4-6-35;1-22-15-9-24-10-16-18(15)28-20(27-16)17-14-5-12(7-25-19(14)30-29-17)11-4-13(8-23-6-11)26-21(32)31(2)3;1-20-14-8-22-9-15-17(14)25-19(24-15)16-13-4-11(6-23-18(13)27-26-16)10-3-12(7-21-5-10)28-31(2,29)30/h7-14H,3-6H2,2H3,(H,30,36)(H,31,32)(H,29,33,34);7-13H,3-6H2,2H3,(H,29,36)(H,30,31)(H,28,32,33);4-10H,2-3H3,(H,26,32)(H,27,28)(H,25,29,30);3-9,28H,2H3,(H,24,25)(H,23,26,27). The minimum absolute atomic E-state index is 0.0127. The molecule has 45 nitrogen and oxygen atoms in total. The minimum Gasteiger partial charge on any atom is -0.337 e. The lowest BCUT2D eigenvalue weighted by atomic mass is 9.96. The topological polar surface area (TPSA) is 548 Å². The molecule has 20 aromatic heterocycles. The molecule has 2 fully saturated rings. The molecule has 0 aromatic carbocycles. The number of sulfonamides is 1. The molecule has 2 aliphatic rings. The van der Waals surface area contributed by atoms with Gasteiger partial charge in [-0.25, -0.2) is 77.3 Å². The molecular formula is C89H72N40O5S. The van der Waals surface area contributed by atoms with Crippen molar-refractivity contribution in [2.75, 3.05) is 94.4 Å². The van der Waals surface area contributed by atoms with E-state index in [1.807, 2.05) is 42.5 Å². The van der Waals surface area contributed by atoms with Crippen LogP contribution in [0.5, 0.6) is 0 Å². The first kappa shape index (κ1) is 85.6. The molecule has 22 heterocycles. The van der Waals surface area contributed by atoms with E-state index in [4.69, 9.17) is 26.3 Å². The molecule has 0 aliphatic carbocycles. The highest BCUT2D eigenvalue weighted by atomic mass is 32.2. The number of aromatic nitrogens is 28. The predicted molar refractivity (Wildman–Crippen MR) is 503 cm³/mol. The van der Waals surface area contributed by atoms with E-state index < -0.39 is 10.0 Å². The van der Waals surface area contributed by atoms with E-state index >= 15 is 0 Å². The molecular weight excluding hydrogens is 1740 g/mol. The lowest BCUT2D eigenvalue weighted by molar-refractivity contribution is -0.121. The molecule has 0 bridgehead atoms. The van der Waals surface area contributed by atoms with Crippen LogP contribution in [-0.2, 0) is 14.8 Å². The van der Waals surface area contributed by atoms with Crippen molar-refractivity contribution in [3.8, 4) is 90.6 Å². The molecule has 12 N–H and O–H groups in total. The van der Waals surface area contributed by atoms with Crippen molar-refractivity contribution in [3.05, 3.63) is 218 Å². The number of rotatable bonds is 14. The molecule has 0 radical (unpaired) electrons. The Kier molecular flexibility index (Phi) is 23.1. The maximum atomic E-state index is 12.8. The third-order valence-corrected chi connectivity index (χ3v) is 22.8. The SMILES string of the molecule is [C-]#[N+]c1cncc2[nH]c(-c3[nH]nc4ncc(-c5cncc(NC(=O)C6CCN(C)CC6)c5)cc34)nc12.[C-]#[N+]c1cncc2[nH]c(-c3[nH]nc4ncc(-c5cncc(NC(=O)N(C)C)c5)cc34)nc12.[C-]#[N+]c1cncc2[nH]c(-c3[nH]nc4ncc(-c5cncc(NC(=O)N6CCN(C)CC6)c5)cc34)nc12.[C-]#[N+]c1cncc2[nH]c(-c3[nH]nc4ncc(-c5cncc(NS(C)(=O)=O)c5)cc34)nc12. The summed E-state index contributed by atoms with van der Waals surface area (Å²) < 4.78 is 25.4. The number of piperidine rings is 1. The molecule has 664 valence electrons. The fourth-order valence-corrected chi connectivity index (χ4v) is 15.8. The molecule has 46 heteroatoms. The van der Waals surface area contributed by atoms with E-state index in [0.29, 0.717) is 182 Å². The first-order valence-corrected chi connectivity index (χ1v) is 43.3. The van der Waals surface area contributed by atoms with Gasteiger partial charge in [0.05, 0.1) is 146 Å². The summed E-state index contributed by atoms with van der Waals surface area (Å²) >= 11 is 0. The first-order chi connectivity index (χ1) is 65.6. The number of likely N-dealkylation sites (N-methyl/N-ethyl adjacent to an activating group) is 1. The summed E-state index contributed by atoms with van der Waals surface area (Å²) in [4.78, 5) is 141. The molecule has 2 aliphatic heterocycles. The third-order valence-electron chi connectivity index (χ3n) is 22.2. The first-order valence-electron chi connectivity index (χ1n) is 41.4. The summed E-state index contributed by atoms with van der Waals surface area (Å²) in [6, 6.07) is 14.6. The maximum Gasteiger partial charge on any atom is 0.321 e. The molecule has 2 saturated heterocycles. The van der Waals surface area contributed by atoms with Crippen molar-refractivity contribution in [1.29, 1.82) is 0 Å². The highest BCUT2D eigenvalue weighted by molar-refractivity contribution is 7.92. The van der Waals surface area contributed by atoms with Crippen molar-refractivity contribution in [2.45, 2.75) is 12.8 Å². The molecule has 20 aromatic rings. The fourth-order valence-electron chi connectivity index (χ4n) is 15.3. The molecule has 22 rings (SSSR count). The summed E-state index contributed by atoms with van der Waals surface area (Å²) in [5, 5.41) is 40.8. The average Bonchev–Trinajstić information content (AvgIpc) is 1.63. The minimum atomic E-state index is -3.42. The van der Waals surface area contributed by atoms with Crippen LogP contribution < -0.4 is 20.7 Å². The lowest BCUT2D eigenvalue weighted by Crippen LogP contribution is -2.48. The van der Waals surface area contributed by atoms with Crippen LogP contribution in [-0.4, -0.2) is 260 Å². The Hall–Kier alpha value is -18.8. The summed E-state index contributed by atoms with van der Waals surface area (Å²) in [6.07, 6.45) is 35.1. The number of hydrogen-bond acceptors (Lipinski definition) is 27. The van der Waals surface area contributed by atoms with E-state index in [-0.39, 0.29) is 23.9 Å². The zero-order chi connectivity index (χ0) is 93.1. The molecule has 0 unspecified atom stereocenters. The monoisotopic (exact) mass is 1810 g/mol. The second-order valence-electron chi connectivity index (χ2n) is 31.6.